The molecule has 98 valence electrons. The second-order valence-corrected chi connectivity index (χ2v) is 4.26. The van der Waals surface area contributed by atoms with E-state index in [4.69, 9.17) is 10.5 Å². The summed E-state index contributed by atoms with van der Waals surface area (Å²) in [5.74, 6) is -0.298. The van der Waals surface area contributed by atoms with Gasteiger partial charge in [0.1, 0.15) is 6.61 Å². The zero-order chi connectivity index (χ0) is 13.5. The van der Waals surface area contributed by atoms with Crippen molar-refractivity contribution in [3.63, 3.8) is 0 Å². The van der Waals surface area contributed by atoms with Gasteiger partial charge >= 0.3 is 5.97 Å². The molecule has 0 aliphatic carbocycles. The number of carbonyl (C=O) groups excluding carboxylic acids is 1. The molecule has 0 aliphatic rings. The molecular weight excluding hydrogens is 238 g/mol. The van der Waals surface area contributed by atoms with E-state index < -0.39 is 0 Å². The van der Waals surface area contributed by atoms with Crippen LogP contribution in [0.3, 0.4) is 0 Å². The van der Waals surface area contributed by atoms with Crippen molar-refractivity contribution in [2.24, 2.45) is 5.73 Å². The lowest BCUT2D eigenvalue weighted by atomic mass is 10.0. The van der Waals surface area contributed by atoms with E-state index in [9.17, 15) is 4.79 Å². The number of hydrogen-bond donors (Lipinski definition) is 1. The van der Waals surface area contributed by atoms with E-state index in [2.05, 4.69) is 0 Å². The van der Waals surface area contributed by atoms with Gasteiger partial charge in [-0.05, 0) is 30.2 Å². The first-order valence-corrected chi connectivity index (χ1v) is 6.30. The van der Waals surface area contributed by atoms with Crippen LogP contribution in [0.5, 0.6) is 0 Å². The highest BCUT2D eigenvalue weighted by Gasteiger charge is 2.11. The molecule has 19 heavy (non-hydrogen) atoms. The number of nitrogens with two attached hydrogens (primary N) is 1. The van der Waals surface area contributed by atoms with Crippen molar-refractivity contribution in [3.05, 3.63) is 71.3 Å². The molecule has 2 rings (SSSR count). The Hall–Kier alpha value is -2.13. The highest BCUT2D eigenvalue weighted by Crippen LogP contribution is 2.12. The number of esters is 1. The predicted octanol–water partition coefficient (Wildman–Crippen LogP) is 2.54. The van der Waals surface area contributed by atoms with Crippen LogP contribution in [0, 0.1) is 0 Å². The molecule has 0 radical (unpaired) electrons. The van der Waals surface area contributed by atoms with Crippen molar-refractivity contribution in [2.75, 3.05) is 6.54 Å². The fourth-order valence-electron chi connectivity index (χ4n) is 1.89. The monoisotopic (exact) mass is 255 g/mol. The molecule has 0 aliphatic heterocycles. The van der Waals surface area contributed by atoms with Gasteiger partial charge in [-0.3, -0.25) is 0 Å². The molecule has 0 aromatic heterocycles. The first-order valence-electron chi connectivity index (χ1n) is 6.30. The molecule has 0 unspecified atom stereocenters. The number of ether oxygens (including phenoxy) is 1. The first kappa shape index (κ1) is 13.3. The molecule has 3 nitrogen and oxygen atoms in total. The van der Waals surface area contributed by atoms with Crippen LogP contribution < -0.4 is 5.73 Å². The van der Waals surface area contributed by atoms with E-state index in [1.807, 2.05) is 48.5 Å². The van der Waals surface area contributed by atoms with E-state index >= 15 is 0 Å². The Balaban J connectivity index is 2.04. The Morgan fingerprint density at radius 2 is 1.68 bits per heavy atom. The Morgan fingerprint density at radius 3 is 2.42 bits per heavy atom. The summed E-state index contributed by atoms with van der Waals surface area (Å²) in [7, 11) is 0. The third kappa shape index (κ3) is 3.66. The molecule has 2 aromatic rings. The first-order chi connectivity index (χ1) is 9.31. The van der Waals surface area contributed by atoms with Gasteiger partial charge in [0.25, 0.3) is 0 Å². The minimum Gasteiger partial charge on any atom is -0.457 e. The topological polar surface area (TPSA) is 52.3 Å². The highest BCUT2D eigenvalue weighted by atomic mass is 16.5. The molecule has 0 heterocycles. The summed E-state index contributed by atoms with van der Waals surface area (Å²) in [6.07, 6.45) is 0.677. The summed E-state index contributed by atoms with van der Waals surface area (Å²) >= 11 is 0. The Bertz CT molecular complexity index is 537. The third-order valence-corrected chi connectivity index (χ3v) is 2.86. The lowest BCUT2D eigenvalue weighted by Gasteiger charge is -2.09. The van der Waals surface area contributed by atoms with Crippen LogP contribution in [0.4, 0.5) is 0 Å². The second-order valence-electron chi connectivity index (χ2n) is 4.26. The van der Waals surface area contributed by atoms with E-state index in [1.165, 1.54) is 0 Å². The molecule has 2 N–H and O–H groups in total. The molecule has 3 heteroatoms. The maximum Gasteiger partial charge on any atom is 0.338 e. The molecule has 2 aromatic carbocycles. The van der Waals surface area contributed by atoms with E-state index in [1.54, 1.807) is 6.07 Å². The molecule has 0 saturated carbocycles. The average molecular weight is 255 g/mol. The van der Waals surface area contributed by atoms with Gasteiger partial charge < -0.3 is 10.5 Å². The van der Waals surface area contributed by atoms with Gasteiger partial charge in [-0.15, -0.1) is 0 Å². The van der Waals surface area contributed by atoms with Gasteiger partial charge in [0.15, 0.2) is 0 Å². The Labute approximate surface area is 113 Å². The summed E-state index contributed by atoms with van der Waals surface area (Å²) in [6.45, 7) is 0.805. The Morgan fingerprint density at radius 1 is 1.00 bits per heavy atom. The van der Waals surface area contributed by atoms with E-state index in [0.717, 1.165) is 11.1 Å². The van der Waals surface area contributed by atoms with Crippen molar-refractivity contribution >= 4 is 5.97 Å². The van der Waals surface area contributed by atoms with E-state index in [0.29, 0.717) is 18.5 Å². The van der Waals surface area contributed by atoms with Crippen molar-refractivity contribution in [3.8, 4) is 0 Å². The standard InChI is InChI=1S/C16H17NO2/c17-11-10-14-8-4-5-9-15(14)16(18)19-12-13-6-2-1-3-7-13/h1-9H,10-12,17H2. The van der Waals surface area contributed by atoms with Gasteiger partial charge in [-0.25, -0.2) is 4.79 Å². The van der Waals surface area contributed by atoms with Gasteiger partial charge in [0.2, 0.25) is 0 Å². The fourth-order valence-corrected chi connectivity index (χ4v) is 1.89. The molecule has 0 spiro atoms. The van der Waals surface area contributed by atoms with Crippen LogP contribution >= 0.6 is 0 Å². The van der Waals surface area contributed by atoms with E-state index in [-0.39, 0.29) is 12.6 Å². The Kier molecular flexibility index (Phi) is 4.70. The summed E-state index contributed by atoms with van der Waals surface area (Å²) < 4.78 is 5.32. The normalized spacial score (nSPS) is 10.2. The van der Waals surface area contributed by atoms with Crippen LogP contribution in [0.1, 0.15) is 21.5 Å². The van der Waals surface area contributed by atoms with Crippen LogP contribution in [-0.4, -0.2) is 12.5 Å². The lowest BCUT2D eigenvalue weighted by Crippen LogP contribution is -2.11. The smallest absolute Gasteiger partial charge is 0.338 e. The SMILES string of the molecule is NCCc1ccccc1C(=O)OCc1ccccc1. The second kappa shape index (κ2) is 6.71. The molecular formula is C16H17NO2. The maximum absolute atomic E-state index is 12.1. The molecule has 0 amide bonds. The van der Waals surface area contributed by atoms with Crippen LogP contribution in [0.2, 0.25) is 0 Å². The average Bonchev–Trinajstić information content (AvgIpc) is 2.47. The van der Waals surface area contributed by atoms with Gasteiger partial charge in [0.05, 0.1) is 5.56 Å². The summed E-state index contributed by atoms with van der Waals surface area (Å²) in [4.78, 5) is 12.1. The largest absolute Gasteiger partial charge is 0.457 e. The summed E-state index contributed by atoms with van der Waals surface area (Å²) in [5.41, 5.74) is 8.06. The van der Waals surface area contributed by atoms with Crippen molar-refractivity contribution < 1.29 is 9.53 Å². The molecule has 0 fully saturated rings. The zero-order valence-corrected chi connectivity index (χ0v) is 10.7. The van der Waals surface area contributed by atoms with Crippen LogP contribution in [0.15, 0.2) is 54.6 Å². The maximum atomic E-state index is 12.1. The third-order valence-electron chi connectivity index (χ3n) is 2.86. The number of rotatable bonds is 5. The predicted molar refractivity (Wildman–Crippen MR) is 74.8 cm³/mol. The van der Waals surface area contributed by atoms with Crippen molar-refractivity contribution in [1.82, 2.24) is 0 Å². The number of hydrogen-bond acceptors (Lipinski definition) is 3. The highest BCUT2D eigenvalue weighted by molar-refractivity contribution is 5.91. The van der Waals surface area contributed by atoms with Crippen LogP contribution in [0.25, 0.3) is 0 Å². The molecule has 0 saturated heterocycles. The van der Waals surface area contributed by atoms with Gasteiger partial charge in [-0.2, -0.15) is 0 Å². The minimum absolute atomic E-state index is 0.288. The summed E-state index contributed by atoms with van der Waals surface area (Å²) in [6, 6.07) is 17.1. The van der Waals surface area contributed by atoms with Gasteiger partial charge in [0, 0.05) is 0 Å². The molecule has 0 bridgehead atoms. The fraction of sp³-hybridized carbons (Fsp3) is 0.188. The van der Waals surface area contributed by atoms with Gasteiger partial charge in [-0.1, -0.05) is 48.5 Å². The van der Waals surface area contributed by atoms with Crippen molar-refractivity contribution in [1.29, 1.82) is 0 Å². The zero-order valence-electron chi connectivity index (χ0n) is 10.7. The summed E-state index contributed by atoms with van der Waals surface area (Å²) in [5, 5.41) is 0. The minimum atomic E-state index is -0.298. The number of benzene rings is 2. The quantitative estimate of drug-likeness (QED) is 0.835. The lowest BCUT2D eigenvalue weighted by molar-refractivity contribution is 0.0471. The van der Waals surface area contributed by atoms with Crippen LogP contribution in [-0.2, 0) is 17.8 Å². The molecule has 0 atom stereocenters. The van der Waals surface area contributed by atoms with Crippen molar-refractivity contribution in [2.45, 2.75) is 13.0 Å². The number of carbonyl (C=O) groups is 1.